The minimum atomic E-state index is -1.66. The SMILES string of the molecule is O=C(O)[C@H](c1ccccc1)[C@@](O)(CCl)c1ccccc1. The molecule has 20 heavy (non-hydrogen) atoms. The summed E-state index contributed by atoms with van der Waals surface area (Å²) in [5.41, 5.74) is -0.644. The Morgan fingerprint density at radius 1 is 1.05 bits per heavy atom. The van der Waals surface area contributed by atoms with Gasteiger partial charge < -0.3 is 10.2 Å². The number of carbonyl (C=O) groups is 1. The highest BCUT2D eigenvalue weighted by Crippen LogP contribution is 2.38. The Morgan fingerprint density at radius 3 is 2.00 bits per heavy atom. The van der Waals surface area contributed by atoms with Crippen LogP contribution in [-0.4, -0.2) is 22.1 Å². The molecule has 0 amide bonds. The van der Waals surface area contributed by atoms with Crippen LogP contribution in [0.4, 0.5) is 0 Å². The lowest BCUT2D eigenvalue weighted by Crippen LogP contribution is -2.39. The van der Waals surface area contributed by atoms with Crippen molar-refractivity contribution in [2.24, 2.45) is 0 Å². The molecule has 104 valence electrons. The first-order chi connectivity index (χ1) is 9.59. The quantitative estimate of drug-likeness (QED) is 0.832. The maximum absolute atomic E-state index is 11.7. The highest BCUT2D eigenvalue weighted by molar-refractivity contribution is 6.18. The predicted octanol–water partition coefficient (Wildman–Crippen LogP) is 2.98. The van der Waals surface area contributed by atoms with Crippen LogP contribution in [0.1, 0.15) is 17.0 Å². The number of benzene rings is 2. The fourth-order valence-corrected chi connectivity index (χ4v) is 2.62. The van der Waals surface area contributed by atoms with Crippen LogP contribution >= 0.6 is 11.6 Å². The van der Waals surface area contributed by atoms with Crippen LogP contribution in [0.15, 0.2) is 60.7 Å². The molecule has 2 atom stereocenters. The van der Waals surface area contributed by atoms with Gasteiger partial charge in [0.2, 0.25) is 0 Å². The van der Waals surface area contributed by atoms with E-state index in [0.29, 0.717) is 11.1 Å². The first kappa shape index (κ1) is 14.6. The molecule has 2 aromatic carbocycles. The second-order valence-corrected chi connectivity index (χ2v) is 4.87. The fraction of sp³-hybridized carbons (Fsp3) is 0.188. The Labute approximate surface area is 122 Å². The van der Waals surface area contributed by atoms with Gasteiger partial charge in [-0.1, -0.05) is 60.7 Å². The molecule has 0 saturated heterocycles. The average Bonchev–Trinajstić information content (AvgIpc) is 2.49. The lowest BCUT2D eigenvalue weighted by atomic mass is 9.78. The van der Waals surface area contributed by atoms with Crippen molar-refractivity contribution in [1.29, 1.82) is 0 Å². The normalized spacial score (nSPS) is 15.3. The predicted molar refractivity (Wildman–Crippen MR) is 77.9 cm³/mol. The first-order valence-corrected chi connectivity index (χ1v) is 6.74. The van der Waals surface area contributed by atoms with Gasteiger partial charge in [-0.15, -0.1) is 11.6 Å². The molecule has 0 bridgehead atoms. The van der Waals surface area contributed by atoms with Gasteiger partial charge in [0.15, 0.2) is 0 Å². The summed E-state index contributed by atoms with van der Waals surface area (Å²) in [5, 5.41) is 20.4. The van der Waals surface area contributed by atoms with Gasteiger partial charge in [-0.25, -0.2) is 0 Å². The summed E-state index contributed by atoms with van der Waals surface area (Å²) in [6, 6.07) is 17.3. The molecule has 0 aliphatic heterocycles. The van der Waals surface area contributed by atoms with Crippen molar-refractivity contribution in [2.75, 3.05) is 5.88 Å². The molecule has 2 rings (SSSR count). The van der Waals surface area contributed by atoms with Crippen LogP contribution in [-0.2, 0) is 10.4 Å². The molecule has 0 aromatic heterocycles. The van der Waals surface area contributed by atoms with Crippen molar-refractivity contribution in [1.82, 2.24) is 0 Å². The Bertz CT molecular complexity index is 571. The van der Waals surface area contributed by atoms with Gasteiger partial charge in [-0.3, -0.25) is 4.79 Å². The average molecular weight is 291 g/mol. The van der Waals surface area contributed by atoms with Crippen molar-refractivity contribution in [3.63, 3.8) is 0 Å². The summed E-state index contributed by atoms with van der Waals surface area (Å²) < 4.78 is 0. The number of aliphatic carboxylic acids is 1. The topological polar surface area (TPSA) is 57.5 Å². The maximum Gasteiger partial charge on any atom is 0.314 e. The summed E-state index contributed by atoms with van der Waals surface area (Å²) in [6.07, 6.45) is 0. The highest BCUT2D eigenvalue weighted by atomic mass is 35.5. The van der Waals surface area contributed by atoms with Gasteiger partial charge in [0.05, 0.1) is 5.88 Å². The molecule has 3 nitrogen and oxygen atoms in total. The van der Waals surface area contributed by atoms with Gasteiger partial charge in [0.1, 0.15) is 11.5 Å². The number of hydrogen-bond acceptors (Lipinski definition) is 2. The Hall–Kier alpha value is -1.84. The fourth-order valence-electron chi connectivity index (χ4n) is 2.32. The van der Waals surface area contributed by atoms with Crippen LogP contribution in [0.25, 0.3) is 0 Å². The van der Waals surface area contributed by atoms with E-state index in [1.807, 2.05) is 0 Å². The monoisotopic (exact) mass is 290 g/mol. The number of carboxylic acids is 1. The van der Waals surface area contributed by atoms with E-state index in [1.165, 1.54) is 0 Å². The number of halogens is 1. The molecular weight excluding hydrogens is 276 g/mol. The van der Waals surface area contributed by atoms with Gasteiger partial charge >= 0.3 is 5.97 Å². The van der Waals surface area contributed by atoms with E-state index in [4.69, 9.17) is 11.6 Å². The molecule has 0 unspecified atom stereocenters. The summed E-state index contributed by atoms with van der Waals surface area (Å²) in [4.78, 5) is 11.7. The smallest absolute Gasteiger partial charge is 0.314 e. The van der Waals surface area contributed by atoms with E-state index in [9.17, 15) is 15.0 Å². The molecule has 0 aliphatic carbocycles. The van der Waals surface area contributed by atoms with E-state index < -0.39 is 17.5 Å². The largest absolute Gasteiger partial charge is 0.481 e. The molecule has 2 N–H and O–H groups in total. The molecule has 0 fully saturated rings. The van der Waals surface area contributed by atoms with Crippen LogP contribution in [0.5, 0.6) is 0 Å². The van der Waals surface area contributed by atoms with Crippen molar-refractivity contribution in [3.05, 3.63) is 71.8 Å². The number of alkyl halides is 1. The molecule has 2 aromatic rings. The number of hydrogen-bond donors (Lipinski definition) is 2. The molecule has 0 aliphatic rings. The minimum Gasteiger partial charge on any atom is -0.481 e. The zero-order valence-electron chi connectivity index (χ0n) is 10.7. The van der Waals surface area contributed by atoms with E-state index in [-0.39, 0.29) is 5.88 Å². The van der Waals surface area contributed by atoms with Gasteiger partial charge in [-0.05, 0) is 11.1 Å². The zero-order valence-corrected chi connectivity index (χ0v) is 11.5. The van der Waals surface area contributed by atoms with Crippen LogP contribution < -0.4 is 0 Å². The third-order valence-electron chi connectivity index (χ3n) is 3.33. The summed E-state index contributed by atoms with van der Waals surface area (Å²) in [5.74, 6) is -2.44. The second-order valence-electron chi connectivity index (χ2n) is 4.61. The Balaban J connectivity index is 2.54. The van der Waals surface area contributed by atoms with Crippen LogP contribution in [0, 0.1) is 0 Å². The van der Waals surface area contributed by atoms with Crippen LogP contribution in [0.2, 0.25) is 0 Å². The third-order valence-corrected chi connectivity index (χ3v) is 3.74. The second kappa shape index (κ2) is 6.07. The van der Waals surface area contributed by atoms with Crippen molar-refractivity contribution < 1.29 is 15.0 Å². The number of rotatable bonds is 5. The maximum atomic E-state index is 11.7. The summed E-state index contributed by atoms with van der Waals surface area (Å²) in [6.45, 7) is 0. The summed E-state index contributed by atoms with van der Waals surface area (Å²) in [7, 11) is 0. The lowest BCUT2D eigenvalue weighted by molar-refractivity contribution is -0.145. The molecule has 0 heterocycles. The van der Waals surface area contributed by atoms with Gasteiger partial charge in [-0.2, -0.15) is 0 Å². The summed E-state index contributed by atoms with van der Waals surface area (Å²) >= 11 is 5.92. The Kier molecular flexibility index (Phi) is 4.42. The molecular formula is C16H15ClO3. The standard InChI is InChI=1S/C16H15ClO3/c17-11-16(20,13-9-5-2-6-10-13)14(15(18)19)12-7-3-1-4-8-12/h1-10,14,20H,11H2,(H,18,19)/t14-,16+/m0/s1. The molecule has 0 spiro atoms. The van der Waals surface area contributed by atoms with E-state index in [2.05, 4.69) is 0 Å². The van der Waals surface area contributed by atoms with E-state index in [1.54, 1.807) is 60.7 Å². The van der Waals surface area contributed by atoms with Gasteiger partial charge in [0, 0.05) is 0 Å². The number of carboxylic acid groups (broad SMARTS) is 1. The first-order valence-electron chi connectivity index (χ1n) is 6.21. The minimum absolute atomic E-state index is 0.205. The third kappa shape index (κ3) is 2.69. The molecule has 4 heteroatoms. The van der Waals surface area contributed by atoms with E-state index in [0.717, 1.165) is 0 Å². The van der Waals surface area contributed by atoms with Crippen molar-refractivity contribution >= 4 is 17.6 Å². The Morgan fingerprint density at radius 2 is 1.55 bits per heavy atom. The van der Waals surface area contributed by atoms with Crippen molar-refractivity contribution in [3.8, 4) is 0 Å². The van der Waals surface area contributed by atoms with Crippen LogP contribution in [0.3, 0.4) is 0 Å². The number of aliphatic hydroxyl groups is 1. The van der Waals surface area contributed by atoms with Gasteiger partial charge in [0.25, 0.3) is 0 Å². The molecule has 0 saturated carbocycles. The zero-order chi connectivity index (χ0) is 14.6. The van der Waals surface area contributed by atoms with E-state index >= 15 is 0 Å². The lowest BCUT2D eigenvalue weighted by Gasteiger charge is -2.32. The molecule has 0 radical (unpaired) electrons. The van der Waals surface area contributed by atoms with Crippen molar-refractivity contribution in [2.45, 2.75) is 11.5 Å². The highest BCUT2D eigenvalue weighted by Gasteiger charge is 2.43.